The van der Waals surface area contributed by atoms with Crippen LogP contribution in [-0.4, -0.2) is 19.8 Å². The number of sulfonamides is 1. The van der Waals surface area contributed by atoms with Crippen molar-refractivity contribution in [3.8, 4) is 0 Å². The summed E-state index contributed by atoms with van der Waals surface area (Å²) in [6.07, 6.45) is -0.374. The lowest BCUT2D eigenvalue weighted by Gasteiger charge is -2.34. The molecule has 0 radical (unpaired) electrons. The molecule has 1 aliphatic rings. The Balaban J connectivity index is 2.14. The Labute approximate surface area is 112 Å². The maximum absolute atomic E-state index is 12.5. The molecule has 1 heterocycles. The number of rotatable bonds is 1. The molecule has 0 saturated carbocycles. The summed E-state index contributed by atoms with van der Waals surface area (Å²) in [6, 6.07) is 16.5. The van der Waals surface area contributed by atoms with Crippen LogP contribution < -0.4 is 5.32 Å². The molecule has 4 nitrogen and oxygen atoms in total. The van der Waals surface area contributed by atoms with Gasteiger partial charge in [-0.25, -0.2) is 8.42 Å². The third kappa shape index (κ3) is 1.91. The first-order valence-electron chi connectivity index (χ1n) is 5.99. The number of anilines is 1. The SMILES string of the molecule is CN1C(c2ccccc2)Nc2ccccc2S1(=O)=O. The molecule has 0 fully saturated rings. The average molecular weight is 274 g/mol. The van der Waals surface area contributed by atoms with Gasteiger partial charge in [-0.2, -0.15) is 4.31 Å². The van der Waals surface area contributed by atoms with E-state index in [1.54, 1.807) is 25.2 Å². The van der Waals surface area contributed by atoms with Crippen molar-refractivity contribution in [1.82, 2.24) is 4.31 Å². The van der Waals surface area contributed by atoms with E-state index in [-0.39, 0.29) is 6.17 Å². The first kappa shape index (κ1) is 12.2. The van der Waals surface area contributed by atoms with Crippen LogP contribution in [0.5, 0.6) is 0 Å². The van der Waals surface area contributed by atoms with Gasteiger partial charge in [0.25, 0.3) is 0 Å². The monoisotopic (exact) mass is 274 g/mol. The third-order valence-corrected chi connectivity index (χ3v) is 5.20. The molecule has 1 atom stereocenters. The van der Waals surface area contributed by atoms with E-state index in [4.69, 9.17) is 0 Å². The van der Waals surface area contributed by atoms with Gasteiger partial charge in [0, 0.05) is 7.05 Å². The van der Waals surface area contributed by atoms with Crippen molar-refractivity contribution in [2.75, 3.05) is 12.4 Å². The maximum Gasteiger partial charge on any atom is 0.246 e. The lowest BCUT2D eigenvalue weighted by atomic mass is 10.1. The highest BCUT2D eigenvalue weighted by atomic mass is 32.2. The summed E-state index contributed by atoms with van der Waals surface area (Å²) >= 11 is 0. The van der Waals surface area contributed by atoms with Gasteiger partial charge in [-0.1, -0.05) is 42.5 Å². The van der Waals surface area contributed by atoms with Crippen molar-refractivity contribution in [3.05, 3.63) is 60.2 Å². The average Bonchev–Trinajstić information content (AvgIpc) is 2.44. The zero-order chi connectivity index (χ0) is 13.5. The topological polar surface area (TPSA) is 49.4 Å². The van der Waals surface area contributed by atoms with E-state index in [1.165, 1.54) is 4.31 Å². The zero-order valence-electron chi connectivity index (χ0n) is 10.4. The summed E-state index contributed by atoms with van der Waals surface area (Å²) in [4.78, 5) is 0.324. The molecule has 2 aromatic carbocycles. The molecule has 3 rings (SSSR count). The molecule has 0 bridgehead atoms. The number of fused-ring (bicyclic) bond motifs is 1. The van der Waals surface area contributed by atoms with Gasteiger partial charge in [0.1, 0.15) is 11.1 Å². The second-order valence-electron chi connectivity index (χ2n) is 4.47. The fourth-order valence-corrected chi connectivity index (χ4v) is 3.69. The van der Waals surface area contributed by atoms with Crippen molar-refractivity contribution in [3.63, 3.8) is 0 Å². The standard InChI is InChI=1S/C14H14N2O2S/c1-16-14(11-7-3-2-4-8-11)15-12-9-5-6-10-13(12)19(16,17)18/h2-10,14-15H,1H3. The summed E-state index contributed by atoms with van der Waals surface area (Å²) in [5, 5.41) is 3.27. The van der Waals surface area contributed by atoms with Gasteiger partial charge in [0.05, 0.1) is 5.69 Å². The molecule has 0 aromatic heterocycles. The molecule has 2 aromatic rings. The van der Waals surface area contributed by atoms with Gasteiger partial charge in [-0.05, 0) is 17.7 Å². The summed E-state index contributed by atoms with van der Waals surface area (Å²) in [7, 11) is -1.85. The Morgan fingerprint density at radius 1 is 1.00 bits per heavy atom. The van der Waals surface area contributed by atoms with E-state index in [9.17, 15) is 8.42 Å². The second-order valence-corrected chi connectivity index (χ2v) is 6.44. The molecule has 1 unspecified atom stereocenters. The van der Waals surface area contributed by atoms with Crippen molar-refractivity contribution < 1.29 is 8.42 Å². The van der Waals surface area contributed by atoms with E-state index in [1.807, 2.05) is 36.4 Å². The molecule has 0 amide bonds. The minimum absolute atomic E-state index is 0.324. The van der Waals surface area contributed by atoms with Crippen LogP contribution in [0.15, 0.2) is 59.5 Å². The van der Waals surface area contributed by atoms with Crippen LogP contribution in [0.1, 0.15) is 11.7 Å². The number of para-hydroxylation sites is 1. The number of nitrogens with zero attached hydrogens (tertiary/aromatic N) is 1. The highest BCUT2D eigenvalue weighted by Crippen LogP contribution is 2.36. The van der Waals surface area contributed by atoms with Gasteiger partial charge in [-0.3, -0.25) is 0 Å². The fraction of sp³-hybridized carbons (Fsp3) is 0.143. The van der Waals surface area contributed by atoms with Crippen LogP contribution in [-0.2, 0) is 10.0 Å². The largest absolute Gasteiger partial charge is 0.364 e. The summed E-state index contributed by atoms with van der Waals surface area (Å²) < 4.78 is 26.3. The predicted molar refractivity (Wildman–Crippen MR) is 74.2 cm³/mol. The summed E-state index contributed by atoms with van der Waals surface area (Å²) in [5.41, 5.74) is 1.57. The maximum atomic E-state index is 12.5. The molecule has 19 heavy (non-hydrogen) atoms. The Bertz CT molecular complexity index is 698. The Morgan fingerprint density at radius 3 is 2.37 bits per heavy atom. The van der Waals surface area contributed by atoms with E-state index in [0.717, 1.165) is 5.56 Å². The highest BCUT2D eigenvalue weighted by Gasteiger charge is 2.35. The van der Waals surface area contributed by atoms with E-state index in [0.29, 0.717) is 10.6 Å². The van der Waals surface area contributed by atoms with Crippen LogP contribution >= 0.6 is 0 Å². The quantitative estimate of drug-likeness (QED) is 0.869. The Morgan fingerprint density at radius 2 is 1.63 bits per heavy atom. The van der Waals surface area contributed by atoms with E-state index in [2.05, 4.69) is 5.32 Å². The molecule has 0 saturated heterocycles. The van der Waals surface area contributed by atoms with E-state index < -0.39 is 10.0 Å². The summed E-state index contributed by atoms with van der Waals surface area (Å²) in [6.45, 7) is 0. The van der Waals surface area contributed by atoms with Crippen molar-refractivity contribution in [1.29, 1.82) is 0 Å². The molecule has 98 valence electrons. The van der Waals surface area contributed by atoms with Crippen LogP contribution in [0, 0.1) is 0 Å². The van der Waals surface area contributed by atoms with Crippen LogP contribution in [0.4, 0.5) is 5.69 Å². The molecule has 0 aliphatic carbocycles. The van der Waals surface area contributed by atoms with Gasteiger partial charge >= 0.3 is 0 Å². The second kappa shape index (κ2) is 4.36. The van der Waals surface area contributed by atoms with Crippen LogP contribution in [0.3, 0.4) is 0 Å². The minimum atomic E-state index is -3.45. The minimum Gasteiger partial charge on any atom is -0.364 e. The van der Waals surface area contributed by atoms with Gasteiger partial charge in [0.15, 0.2) is 0 Å². The first-order chi connectivity index (χ1) is 9.10. The smallest absolute Gasteiger partial charge is 0.246 e. The summed E-state index contributed by atoms with van der Waals surface area (Å²) in [5.74, 6) is 0. The lowest BCUT2D eigenvalue weighted by Crippen LogP contribution is -2.39. The predicted octanol–water partition coefficient (Wildman–Crippen LogP) is 2.43. The number of hydrogen-bond acceptors (Lipinski definition) is 3. The number of nitrogens with one attached hydrogen (secondary N) is 1. The molecular weight excluding hydrogens is 260 g/mol. The number of benzene rings is 2. The van der Waals surface area contributed by atoms with E-state index >= 15 is 0 Å². The normalized spacial score (nSPS) is 21.4. The Hall–Kier alpha value is -1.85. The Kier molecular flexibility index (Phi) is 2.80. The van der Waals surface area contributed by atoms with Gasteiger partial charge in [-0.15, -0.1) is 0 Å². The molecule has 0 spiro atoms. The molecule has 1 N–H and O–H groups in total. The van der Waals surface area contributed by atoms with Gasteiger partial charge in [0.2, 0.25) is 10.0 Å². The van der Waals surface area contributed by atoms with Crippen LogP contribution in [0.25, 0.3) is 0 Å². The molecule has 1 aliphatic heterocycles. The zero-order valence-corrected chi connectivity index (χ0v) is 11.3. The molecular formula is C14H14N2O2S. The third-order valence-electron chi connectivity index (χ3n) is 3.32. The highest BCUT2D eigenvalue weighted by molar-refractivity contribution is 7.89. The van der Waals surface area contributed by atoms with Crippen molar-refractivity contribution in [2.24, 2.45) is 0 Å². The van der Waals surface area contributed by atoms with Crippen LogP contribution in [0.2, 0.25) is 0 Å². The fourth-order valence-electron chi connectivity index (χ4n) is 2.27. The van der Waals surface area contributed by atoms with Gasteiger partial charge < -0.3 is 5.32 Å². The molecule has 5 heteroatoms. The first-order valence-corrected chi connectivity index (χ1v) is 7.43. The van der Waals surface area contributed by atoms with Crippen molar-refractivity contribution in [2.45, 2.75) is 11.1 Å². The van der Waals surface area contributed by atoms with Crippen molar-refractivity contribution >= 4 is 15.7 Å². The lowest BCUT2D eigenvalue weighted by molar-refractivity contribution is 0.397. The number of hydrogen-bond donors (Lipinski definition) is 1.